The molecule has 0 saturated carbocycles. The number of carboxylic acid groups (broad SMARTS) is 1. The molecule has 3 aromatic rings. The minimum atomic E-state index is -3.91. The summed E-state index contributed by atoms with van der Waals surface area (Å²) in [6, 6.07) is 15.3. The van der Waals surface area contributed by atoms with Crippen molar-refractivity contribution in [3.63, 3.8) is 0 Å². The van der Waals surface area contributed by atoms with Crippen molar-refractivity contribution in [2.45, 2.75) is 31.3 Å². The van der Waals surface area contributed by atoms with Gasteiger partial charge in [-0.15, -0.1) is 0 Å². The molecule has 168 valence electrons. The fraction of sp³-hybridized carbons (Fsp3) is 0.174. The summed E-state index contributed by atoms with van der Waals surface area (Å²) in [5, 5.41) is 19.2. The molecule has 9 heteroatoms. The van der Waals surface area contributed by atoms with Crippen LogP contribution in [0.3, 0.4) is 0 Å². The number of aromatic hydroxyl groups is 1. The number of nitrogens with one attached hydrogen (secondary N) is 1. The molecule has 0 atom stereocenters. The molecule has 0 aromatic heterocycles. The minimum absolute atomic E-state index is 0.00478. The Bertz CT molecular complexity index is 1260. The number of sulfonamides is 1. The van der Waals surface area contributed by atoms with Crippen LogP contribution in [0.1, 0.15) is 41.3 Å². The van der Waals surface area contributed by atoms with Gasteiger partial charge >= 0.3 is 5.97 Å². The van der Waals surface area contributed by atoms with Gasteiger partial charge in [0.05, 0.1) is 10.6 Å². The van der Waals surface area contributed by atoms with E-state index >= 15 is 0 Å². The minimum Gasteiger partial charge on any atom is -0.507 e. The van der Waals surface area contributed by atoms with Gasteiger partial charge in [0, 0.05) is 11.1 Å². The highest BCUT2D eigenvalue weighted by molar-refractivity contribution is 7.92. The van der Waals surface area contributed by atoms with E-state index in [1.165, 1.54) is 36.4 Å². The van der Waals surface area contributed by atoms with Gasteiger partial charge in [0.25, 0.3) is 10.0 Å². The summed E-state index contributed by atoms with van der Waals surface area (Å²) in [6.07, 6.45) is 0. The highest BCUT2D eigenvalue weighted by Gasteiger charge is 2.21. The first-order valence-electron chi connectivity index (χ1n) is 9.68. The number of carboxylic acids is 1. The van der Waals surface area contributed by atoms with Crippen molar-refractivity contribution in [2.24, 2.45) is 0 Å². The molecule has 0 unspecified atom stereocenters. The van der Waals surface area contributed by atoms with E-state index in [0.29, 0.717) is 16.1 Å². The monoisotopic (exact) mass is 475 g/mol. The number of phenols is 1. The maximum atomic E-state index is 13.1. The second-order valence-electron chi connectivity index (χ2n) is 7.38. The standard InChI is InChI=1S/C23H22ClNO6S/c1-14(2)17-5-3-4-6-22(17)32(29,30)25-19-10-8-16(24)12-21(19)31-13-15-7-9-18(23(27)28)20(26)11-15/h3-12,14,25-26H,13H2,1-2H3,(H,27,28). The first kappa shape index (κ1) is 23.4. The lowest BCUT2D eigenvalue weighted by atomic mass is 10.0. The van der Waals surface area contributed by atoms with E-state index in [9.17, 15) is 18.3 Å². The van der Waals surface area contributed by atoms with Gasteiger partial charge in [0.1, 0.15) is 23.7 Å². The molecule has 0 aliphatic rings. The van der Waals surface area contributed by atoms with Crippen molar-refractivity contribution in [3.05, 3.63) is 82.4 Å². The Morgan fingerprint density at radius 3 is 2.47 bits per heavy atom. The van der Waals surface area contributed by atoms with E-state index in [1.54, 1.807) is 24.3 Å². The highest BCUT2D eigenvalue weighted by atomic mass is 35.5. The van der Waals surface area contributed by atoms with Crippen LogP contribution in [0, 0.1) is 0 Å². The van der Waals surface area contributed by atoms with Crippen molar-refractivity contribution in [1.82, 2.24) is 0 Å². The molecule has 3 rings (SSSR count). The summed E-state index contributed by atoms with van der Waals surface area (Å²) >= 11 is 6.07. The molecular weight excluding hydrogens is 454 g/mol. The molecule has 0 aliphatic carbocycles. The molecule has 0 bridgehead atoms. The molecule has 7 nitrogen and oxygen atoms in total. The number of hydrogen-bond acceptors (Lipinski definition) is 5. The maximum Gasteiger partial charge on any atom is 0.339 e. The van der Waals surface area contributed by atoms with Crippen LogP contribution < -0.4 is 9.46 Å². The van der Waals surface area contributed by atoms with Crippen molar-refractivity contribution in [2.75, 3.05) is 4.72 Å². The summed E-state index contributed by atoms with van der Waals surface area (Å²) in [5.41, 5.74) is 1.14. The first-order valence-corrected chi connectivity index (χ1v) is 11.5. The Hall–Kier alpha value is -3.23. The van der Waals surface area contributed by atoms with E-state index in [4.69, 9.17) is 21.4 Å². The number of rotatable bonds is 8. The van der Waals surface area contributed by atoms with E-state index in [2.05, 4.69) is 4.72 Å². The zero-order valence-corrected chi connectivity index (χ0v) is 18.9. The quantitative estimate of drug-likeness (QED) is 0.410. The first-order chi connectivity index (χ1) is 15.1. The number of aromatic carboxylic acids is 1. The van der Waals surface area contributed by atoms with Crippen LogP contribution in [-0.2, 0) is 16.6 Å². The Labute approximate surface area is 191 Å². The number of carbonyl (C=O) groups is 1. The Balaban J connectivity index is 1.87. The second-order valence-corrected chi connectivity index (χ2v) is 9.47. The molecule has 0 heterocycles. The average molecular weight is 476 g/mol. The van der Waals surface area contributed by atoms with Gasteiger partial charge in [-0.2, -0.15) is 0 Å². The number of anilines is 1. The molecule has 32 heavy (non-hydrogen) atoms. The Kier molecular flexibility index (Phi) is 6.96. The van der Waals surface area contributed by atoms with Crippen LogP contribution in [0.2, 0.25) is 5.02 Å². The lowest BCUT2D eigenvalue weighted by Gasteiger charge is -2.17. The largest absolute Gasteiger partial charge is 0.507 e. The van der Waals surface area contributed by atoms with Gasteiger partial charge in [-0.1, -0.05) is 49.7 Å². The van der Waals surface area contributed by atoms with Gasteiger partial charge in [-0.3, -0.25) is 4.72 Å². The van der Waals surface area contributed by atoms with Crippen LogP contribution >= 0.6 is 11.6 Å². The van der Waals surface area contributed by atoms with Gasteiger partial charge in [0.15, 0.2) is 0 Å². The molecule has 0 fully saturated rings. The molecule has 0 aliphatic heterocycles. The fourth-order valence-electron chi connectivity index (χ4n) is 3.11. The van der Waals surface area contributed by atoms with Crippen LogP contribution in [-0.4, -0.2) is 24.6 Å². The highest BCUT2D eigenvalue weighted by Crippen LogP contribution is 2.33. The molecule has 3 N–H and O–H groups in total. The van der Waals surface area contributed by atoms with E-state index in [-0.39, 0.29) is 34.4 Å². The number of ether oxygens (including phenoxy) is 1. The summed E-state index contributed by atoms with van der Waals surface area (Å²) in [4.78, 5) is 11.2. The predicted octanol–water partition coefficient (Wildman–Crippen LogP) is 5.25. The van der Waals surface area contributed by atoms with Gasteiger partial charge < -0.3 is 14.9 Å². The van der Waals surface area contributed by atoms with Crippen molar-refractivity contribution < 1.29 is 28.2 Å². The third kappa shape index (κ3) is 5.33. The summed E-state index contributed by atoms with van der Waals surface area (Å²) in [5.74, 6) is -1.45. The average Bonchev–Trinajstić information content (AvgIpc) is 2.73. The van der Waals surface area contributed by atoms with Crippen LogP contribution in [0.4, 0.5) is 5.69 Å². The van der Waals surface area contributed by atoms with Crippen LogP contribution in [0.25, 0.3) is 0 Å². The van der Waals surface area contributed by atoms with Gasteiger partial charge in [-0.25, -0.2) is 13.2 Å². The van der Waals surface area contributed by atoms with Crippen LogP contribution in [0.15, 0.2) is 65.6 Å². The molecule has 0 amide bonds. The third-order valence-electron chi connectivity index (χ3n) is 4.71. The third-order valence-corrected chi connectivity index (χ3v) is 6.38. The lowest BCUT2D eigenvalue weighted by molar-refractivity contribution is 0.0693. The van der Waals surface area contributed by atoms with Gasteiger partial charge in [-0.05, 0) is 47.4 Å². The molecule has 0 saturated heterocycles. The molecule has 3 aromatic carbocycles. The number of halogens is 1. The van der Waals surface area contributed by atoms with Gasteiger partial charge in [0.2, 0.25) is 0 Å². The molecule has 0 radical (unpaired) electrons. The van der Waals surface area contributed by atoms with E-state index in [0.717, 1.165) is 0 Å². The predicted molar refractivity (Wildman–Crippen MR) is 122 cm³/mol. The van der Waals surface area contributed by atoms with Crippen molar-refractivity contribution in [3.8, 4) is 11.5 Å². The van der Waals surface area contributed by atoms with E-state index in [1.807, 2.05) is 13.8 Å². The Morgan fingerprint density at radius 1 is 1.09 bits per heavy atom. The zero-order chi connectivity index (χ0) is 23.5. The zero-order valence-electron chi connectivity index (χ0n) is 17.4. The van der Waals surface area contributed by atoms with E-state index < -0.39 is 21.7 Å². The fourth-order valence-corrected chi connectivity index (χ4v) is 4.71. The smallest absolute Gasteiger partial charge is 0.339 e. The van der Waals surface area contributed by atoms with Crippen molar-refractivity contribution >= 4 is 33.3 Å². The second kappa shape index (κ2) is 9.50. The van der Waals surface area contributed by atoms with Crippen molar-refractivity contribution in [1.29, 1.82) is 0 Å². The topological polar surface area (TPSA) is 113 Å². The number of benzene rings is 3. The maximum absolute atomic E-state index is 13.1. The molecule has 0 spiro atoms. The lowest BCUT2D eigenvalue weighted by Crippen LogP contribution is -2.16. The summed E-state index contributed by atoms with van der Waals surface area (Å²) in [6.45, 7) is 3.78. The number of hydrogen-bond donors (Lipinski definition) is 3. The van der Waals surface area contributed by atoms with Crippen LogP contribution in [0.5, 0.6) is 11.5 Å². The SMILES string of the molecule is CC(C)c1ccccc1S(=O)(=O)Nc1ccc(Cl)cc1OCc1ccc(C(=O)O)c(O)c1. The Morgan fingerprint density at radius 2 is 1.81 bits per heavy atom. The molecular formula is C23H22ClNO6S. The normalized spacial score (nSPS) is 11.4. The summed E-state index contributed by atoms with van der Waals surface area (Å²) < 4.78 is 34.5. The summed E-state index contributed by atoms with van der Waals surface area (Å²) in [7, 11) is -3.91.